The lowest BCUT2D eigenvalue weighted by Crippen LogP contribution is -2.51. The number of carbonyl (C=O) groups excluding carboxylic acids is 1. The number of ether oxygens (including phenoxy) is 1. The van der Waals surface area contributed by atoms with Gasteiger partial charge in [-0.3, -0.25) is 4.79 Å². The van der Waals surface area contributed by atoms with Gasteiger partial charge < -0.3 is 10.1 Å². The molecule has 1 aliphatic heterocycles. The van der Waals surface area contributed by atoms with Gasteiger partial charge in [0.2, 0.25) is 15.9 Å². The molecule has 2 aromatic carbocycles. The van der Waals surface area contributed by atoms with Crippen molar-refractivity contribution in [1.82, 2.24) is 9.62 Å². The van der Waals surface area contributed by atoms with E-state index in [4.69, 9.17) is 4.74 Å². The average Bonchev–Trinajstić information content (AvgIpc) is 2.71. The van der Waals surface area contributed by atoms with Gasteiger partial charge >= 0.3 is 0 Å². The minimum absolute atomic E-state index is 0.124. The van der Waals surface area contributed by atoms with E-state index in [9.17, 15) is 13.2 Å². The molecule has 2 aromatic rings. The van der Waals surface area contributed by atoms with Gasteiger partial charge in [0, 0.05) is 19.6 Å². The number of amides is 1. The molecule has 1 amide bonds. The highest BCUT2D eigenvalue weighted by Gasteiger charge is 2.42. The largest absolute Gasteiger partial charge is 0.497 e. The van der Waals surface area contributed by atoms with Crippen LogP contribution in [0, 0.1) is 26.2 Å². The summed E-state index contributed by atoms with van der Waals surface area (Å²) in [5, 5.41) is 2.99. The summed E-state index contributed by atoms with van der Waals surface area (Å²) in [6, 6.07) is 11.3. The number of hydrogen-bond donors (Lipinski definition) is 1. The quantitative estimate of drug-likeness (QED) is 0.737. The third-order valence-electron chi connectivity index (χ3n) is 6.02. The summed E-state index contributed by atoms with van der Waals surface area (Å²) in [7, 11) is -2.07. The third-order valence-corrected chi connectivity index (χ3v) is 8.18. The maximum absolute atomic E-state index is 13.5. The van der Waals surface area contributed by atoms with Crippen molar-refractivity contribution in [2.24, 2.45) is 5.41 Å². The molecule has 0 saturated carbocycles. The predicted molar refractivity (Wildman–Crippen MR) is 122 cm³/mol. The van der Waals surface area contributed by atoms with Crippen molar-refractivity contribution in [2.45, 2.75) is 52.0 Å². The first-order valence-electron chi connectivity index (χ1n) is 10.6. The lowest BCUT2D eigenvalue weighted by molar-refractivity contribution is -0.132. The first-order valence-corrected chi connectivity index (χ1v) is 12.0. The highest BCUT2D eigenvalue weighted by Crippen LogP contribution is 2.34. The number of carbonyl (C=O) groups is 1. The Bertz CT molecular complexity index is 1040. The minimum Gasteiger partial charge on any atom is -0.497 e. The van der Waals surface area contributed by atoms with Crippen LogP contribution < -0.4 is 10.1 Å². The van der Waals surface area contributed by atoms with Crippen LogP contribution in [0.4, 0.5) is 0 Å². The number of aryl methyl sites for hydroxylation is 3. The van der Waals surface area contributed by atoms with E-state index >= 15 is 0 Å². The number of hydrogen-bond acceptors (Lipinski definition) is 4. The molecule has 0 spiro atoms. The van der Waals surface area contributed by atoms with Crippen LogP contribution in [0.25, 0.3) is 0 Å². The maximum Gasteiger partial charge on any atom is 0.243 e. The SMILES string of the molecule is COc1ccc(CNC(=O)[C@]2(C)CCCN(S(=O)(=O)c3c(C)cc(C)cc3C)C2)cc1. The van der Waals surface area contributed by atoms with Gasteiger partial charge in [0.15, 0.2) is 0 Å². The number of nitrogens with zero attached hydrogens (tertiary/aromatic N) is 1. The molecule has 1 atom stereocenters. The molecule has 31 heavy (non-hydrogen) atoms. The van der Waals surface area contributed by atoms with Crippen molar-refractivity contribution in [1.29, 1.82) is 0 Å². The number of sulfonamides is 1. The van der Waals surface area contributed by atoms with Gasteiger partial charge in [-0.1, -0.05) is 29.8 Å². The monoisotopic (exact) mass is 444 g/mol. The molecule has 0 radical (unpaired) electrons. The second-order valence-corrected chi connectivity index (χ2v) is 10.6. The van der Waals surface area contributed by atoms with Crippen molar-refractivity contribution in [3.8, 4) is 5.75 Å². The third kappa shape index (κ3) is 4.93. The molecule has 0 aromatic heterocycles. The zero-order chi connectivity index (χ0) is 22.8. The van der Waals surface area contributed by atoms with Crippen molar-refractivity contribution >= 4 is 15.9 Å². The van der Waals surface area contributed by atoms with E-state index in [1.807, 2.05) is 64.1 Å². The number of methoxy groups -OCH3 is 1. The van der Waals surface area contributed by atoms with E-state index in [1.165, 1.54) is 4.31 Å². The zero-order valence-corrected chi connectivity index (χ0v) is 19.8. The fourth-order valence-corrected chi connectivity index (χ4v) is 6.44. The van der Waals surface area contributed by atoms with E-state index < -0.39 is 15.4 Å². The molecular formula is C24H32N2O4S. The van der Waals surface area contributed by atoms with Gasteiger partial charge in [-0.2, -0.15) is 4.31 Å². The summed E-state index contributed by atoms with van der Waals surface area (Å²) in [5.74, 6) is 0.637. The van der Waals surface area contributed by atoms with Crippen LogP contribution in [-0.2, 0) is 21.4 Å². The summed E-state index contributed by atoms with van der Waals surface area (Å²) >= 11 is 0. The van der Waals surface area contributed by atoms with E-state index in [1.54, 1.807) is 7.11 Å². The van der Waals surface area contributed by atoms with E-state index in [0.717, 1.165) is 28.0 Å². The predicted octanol–water partition coefficient (Wildman–Crippen LogP) is 3.73. The topological polar surface area (TPSA) is 75.7 Å². The van der Waals surface area contributed by atoms with E-state index in [2.05, 4.69) is 5.32 Å². The maximum atomic E-state index is 13.5. The summed E-state index contributed by atoms with van der Waals surface area (Å²) in [6.45, 7) is 8.47. The van der Waals surface area contributed by atoms with Crippen molar-refractivity contribution in [3.05, 3.63) is 58.7 Å². The normalized spacial score (nSPS) is 19.8. The summed E-state index contributed by atoms with van der Waals surface area (Å²) in [5.41, 5.74) is 2.71. The van der Waals surface area contributed by atoms with Crippen molar-refractivity contribution in [3.63, 3.8) is 0 Å². The minimum atomic E-state index is -3.68. The van der Waals surface area contributed by atoms with Crippen molar-refractivity contribution < 1.29 is 17.9 Å². The lowest BCUT2D eigenvalue weighted by Gasteiger charge is -2.39. The molecule has 1 heterocycles. The van der Waals surface area contributed by atoms with Crippen LogP contribution >= 0.6 is 0 Å². The first kappa shape index (κ1) is 23.3. The van der Waals surface area contributed by atoms with Gasteiger partial charge in [0.05, 0.1) is 17.4 Å². The fourth-order valence-electron chi connectivity index (χ4n) is 4.43. The molecule has 3 rings (SSSR count). The zero-order valence-electron chi connectivity index (χ0n) is 19.0. The Morgan fingerprint density at radius 2 is 1.74 bits per heavy atom. The standard InChI is InChI=1S/C24H32N2O4S/c1-17-13-18(2)22(19(3)14-17)31(28,29)26-12-6-11-24(4,16-26)23(27)25-15-20-7-9-21(30-5)10-8-20/h7-10,13-14H,6,11-12,15-16H2,1-5H3,(H,25,27)/t24-/m1/s1. The van der Waals surface area contributed by atoms with Gasteiger partial charge in [0.25, 0.3) is 0 Å². The number of benzene rings is 2. The fraction of sp³-hybridized carbons (Fsp3) is 0.458. The van der Waals surface area contributed by atoms with Crippen LogP contribution in [0.15, 0.2) is 41.3 Å². The molecule has 1 fully saturated rings. The number of piperidine rings is 1. The Labute approximate surface area is 185 Å². The van der Waals surface area contributed by atoms with Gasteiger partial charge in [-0.25, -0.2) is 8.42 Å². The molecule has 0 aliphatic carbocycles. The summed E-state index contributed by atoms with van der Waals surface area (Å²) < 4.78 is 33.6. The molecule has 168 valence electrons. The second-order valence-electron chi connectivity index (χ2n) is 8.76. The molecular weight excluding hydrogens is 412 g/mol. The molecule has 1 aliphatic rings. The first-order chi connectivity index (χ1) is 14.6. The van der Waals surface area contributed by atoms with Crippen LogP contribution in [0.1, 0.15) is 42.0 Å². The molecule has 0 bridgehead atoms. The Morgan fingerprint density at radius 1 is 1.13 bits per heavy atom. The average molecular weight is 445 g/mol. The Balaban J connectivity index is 1.75. The van der Waals surface area contributed by atoms with Gasteiger partial charge in [0.1, 0.15) is 5.75 Å². The van der Waals surface area contributed by atoms with E-state index in [-0.39, 0.29) is 12.5 Å². The van der Waals surface area contributed by atoms with Crippen LogP contribution in [0.3, 0.4) is 0 Å². The van der Waals surface area contributed by atoms with Crippen LogP contribution in [-0.4, -0.2) is 38.8 Å². The van der Waals surface area contributed by atoms with Gasteiger partial charge in [-0.05, 0) is 69.4 Å². The summed E-state index contributed by atoms with van der Waals surface area (Å²) in [6.07, 6.45) is 1.30. The summed E-state index contributed by atoms with van der Waals surface area (Å²) in [4.78, 5) is 13.4. The number of nitrogens with one attached hydrogen (secondary N) is 1. The highest BCUT2D eigenvalue weighted by molar-refractivity contribution is 7.89. The van der Waals surface area contributed by atoms with Crippen LogP contribution in [0.5, 0.6) is 5.75 Å². The molecule has 1 saturated heterocycles. The lowest BCUT2D eigenvalue weighted by atomic mass is 9.82. The molecule has 7 heteroatoms. The van der Waals surface area contributed by atoms with E-state index in [0.29, 0.717) is 30.8 Å². The smallest absolute Gasteiger partial charge is 0.243 e. The Hall–Kier alpha value is -2.38. The molecule has 6 nitrogen and oxygen atoms in total. The van der Waals surface area contributed by atoms with Crippen LogP contribution in [0.2, 0.25) is 0 Å². The second kappa shape index (κ2) is 9.01. The molecule has 0 unspecified atom stereocenters. The highest BCUT2D eigenvalue weighted by atomic mass is 32.2. The Morgan fingerprint density at radius 3 is 2.32 bits per heavy atom. The van der Waals surface area contributed by atoms with Crippen molar-refractivity contribution in [2.75, 3.05) is 20.2 Å². The molecule has 1 N–H and O–H groups in total. The van der Waals surface area contributed by atoms with Gasteiger partial charge in [-0.15, -0.1) is 0 Å². The Kier molecular flexibility index (Phi) is 6.76. The number of rotatable bonds is 6.